The van der Waals surface area contributed by atoms with Crippen LogP contribution in [0.4, 0.5) is 21.9 Å². The van der Waals surface area contributed by atoms with Crippen molar-refractivity contribution in [2.75, 3.05) is 36.4 Å². The van der Waals surface area contributed by atoms with E-state index in [1.54, 1.807) is 18.2 Å². The molecule has 22 heavy (non-hydrogen) atoms. The minimum atomic E-state index is -0.309. The van der Waals surface area contributed by atoms with E-state index in [4.69, 9.17) is 9.47 Å². The molecule has 0 spiro atoms. The molecule has 1 aliphatic heterocycles. The van der Waals surface area contributed by atoms with Crippen LogP contribution in [0.25, 0.3) is 0 Å². The molecule has 0 unspecified atom stereocenters. The van der Waals surface area contributed by atoms with Crippen LogP contribution in [-0.4, -0.2) is 26.9 Å². The zero-order chi connectivity index (χ0) is 15.5. The van der Waals surface area contributed by atoms with Gasteiger partial charge in [0.15, 0.2) is 11.5 Å². The average molecular weight is 299 g/mol. The van der Waals surface area contributed by atoms with Crippen LogP contribution >= 0.6 is 0 Å². The maximum absolute atomic E-state index is 12.0. The molecule has 3 rings (SSSR count). The Kier molecular flexibility index (Phi) is 3.74. The molecule has 6 heteroatoms. The Bertz CT molecular complexity index is 684. The van der Waals surface area contributed by atoms with Crippen LogP contribution in [0.2, 0.25) is 0 Å². The number of urea groups is 1. The van der Waals surface area contributed by atoms with Crippen molar-refractivity contribution in [3.05, 3.63) is 42.5 Å². The average Bonchev–Trinajstić information content (AvgIpc) is 2.95. The third-order valence-corrected chi connectivity index (χ3v) is 3.27. The van der Waals surface area contributed by atoms with Gasteiger partial charge in [-0.2, -0.15) is 0 Å². The minimum Gasteiger partial charge on any atom is -0.454 e. The van der Waals surface area contributed by atoms with Crippen LogP contribution in [0.15, 0.2) is 42.5 Å². The van der Waals surface area contributed by atoms with E-state index < -0.39 is 0 Å². The van der Waals surface area contributed by atoms with Gasteiger partial charge in [0, 0.05) is 37.2 Å². The molecule has 2 N–H and O–H groups in total. The summed E-state index contributed by atoms with van der Waals surface area (Å²) in [6.45, 7) is 0.212. The first-order valence-corrected chi connectivity index (χ1v) is 6.87. The first-order valence-electron chi connectivity index (χ1n) is 6.87. The Hall–Kier alpha value is -2.89. The van der Waals surface area contributed by atoms with Crippen molar-refractivity contribution in [3.8, 4) is 11.5 Å². The lowest BCUT2D eigenvalue weighted by molar-refractivity contribution is 0.174. The summed E-state index contributed by atoms with van der Waals surface area (Å²) in [4.78, 5) is 14.0. The second-order valence-corrected chi connectivity index (χ2v) is 5.09. The number of hydrogen-bond donors (Lipinski definition) is 2. The van der Waals surface area contributed by atoms with Crippen molar-refractivity contribution in [3.63, 3.8) is 0 Å². The Morgan fingerprint density at radius 3 is 2.32 bits per heavy atom. The number of nitrogens with zero attached hydrogens (tertiary/aromatic N) is 1. The molecule has 0 atom stereocenters. The van der Waals surface area contributed by atoms with Crippen molar-refractivity contribution in [1.29, 1.82) is 0 Å². The van der Waals surface area contributed by atoms with Crippen LogP contribution in [0.1, 0.15) is 0 Å². The molecule has 2 aromatic carbocycles. The smallest absolute Gasteiger partial charge is 0.323 e. The maximum atomic E-state index is 12.0. The van der Waals surface area contributed by atoms with E-state index in [0.29, 0.717) is 17.2 Å². The fraction of sp³-hybridized carbons (Fsp3) is 0.188. The van der Waals surface area contributed by atoms with Gasteiger partial charge in [-0.3, -0.25) is 0 Å². The Balaban J connectivity index is 1.62. The van der Waals surface area contributed by atoms with Crippen LogP contribution in [0, 0.1) is 0 Å². The van der Waals surface area contributed by atoms with Gasteiger partial charge < -0.3 is 25.0 Å². The van der Waals surface area contributed by atoms with E-state index in [1.807, 2.05) is 43.3 Å². The Morgan fingerprint density at radius 1 is 0.955 bits per heavy atom. The highest BCUT2D eigenvalue weighted by Crippen LogP contribution is 2.34. The molecule has 0 saturated heterocycles. The van der Waals surface area contributed by atoms with Crippen molar-refractivity contribution in [1.82, 2.24) is 0 Å². The molecule has 0 aliphatic carbocycles. The summed E-state index contributed by atoms with van der Waals surface area (Å²) in [7, 11) is 3.93. The number of amides is 2. The molecule has 0 bridgehead atoms. The fourth-order valence-corrected chi connectivity index (χ4v) is 2.11. The zero-order valence-electron chi connectivity index (χ0n) is 12.4. The first-order chi connectivity index (χ1) is 10.6. The van der Waals surface area contributed by atoms with Crippen LogP contribution in [-0.2, 0) is 0 Å². The van der Waals surface area contributed by atoms with Gasteiger partial charge in [0.05, 0.1) is 0 Å². The number of ether oxygens (including phenoxy) is 2. The number of hydrogen-bond acceptors (Lipinski definition) is 4. The topological polar surface area (TPSA) is 62.8 Å². The maximum Gasteiger partial charge on any atom is 0.323 e. The second-order valence-electron chi connectivity index (χ2n) is 5.09. The standard InChI is InChI=1S/C16H17N3O3/c1-19(2)13-6-3-11(4-7-13)17-16(20)18-12-5-8-14-15(9-12)22-10-21-14/h3-9H,10H2,1-2H3,(H2,17,18,20). The molecule has 114 valence electrons. The van der Waals surface area contributed by atoms with Crippen molar-refractivity contribution >= 4 is 23.1 Å². The molecule has 1 aliphatic rings. The highest BCUT2D eigenvalue weighted by molar-refractivity contribution is 6.00. The Morgan fingerprint density at radius 2 is 1.59 bits per heavy atom. The highest BCUT2D eigenvalue weighted by atomic mass is 16.7. The molecule has 0 aromatic heterocycles. The summed E-state index contributed by atoms with van der Waals surface area (Å²) >= 11 is 0. The van der Waals surface area contributed by atoms with Crippen LogP contribution < -0.4 is 25.0 Å². The number of benzene rings is 2. The van der Waals surface area contributed by atoms with E-state index >= 15 is 0 Å². The van der Waals surface area contributed by atoms with Crippen molar-refractivity contribution in [2.45, 2.75) is 0 Å². The monoisotopic (exact) mass is 299 g/mol. The fourth-order valence-electron chi connectivity index (χ4n) is 2.11. The predicted molar refractivity (Wildman–Crippen MR) is 86.0 cm³/mol. The number of carbonyl (C=O) groups is 1. The number of fused-ring (bicyclic) bond motifs is 1. The minimum absolute atomic E-state index is 0.212. The zero-order valence-corrected chi connectivity index (χ0v) is 12.4. The van der Waals surface area contributed by atoms with Gasteiger partial charge in [-0.25, -0.2) is 4.79 Å². The summed E-state index contributed by atoms with van der Waals surface area (Å²) < 4.78 is 10.5. The molecular weight excluding hydrogens is 282 g/mol. The molecule has 2 aromatic rings. The number of nitrogens with one attached hydrogen (secondary N) is 2. The van der Waals surface area contributed by atoms with Gasteiger partial charge in [-0.05, 0) is 36.4 Å². The van der Waals surface area contributed by atoms with Gasteiger partial charge >= 0.3 is 6.03 Å². The first kappa shape index (κ1) is 14.1. The Labute approximate surface area is 128 Å². The van der Waals surface area contributed by atoms with Gasteiger partial charge in [-0.1, -0.05) is 0 Å². The lowest BCUT2D eigenvalue weighted by atomic mass is 10.2. The molecule has 1 heterocycles. The second kappa shape index (κ2) is 5.85. The molecule has 0 radical (unpaired) electrons. The molecule has 6 nitrogen and oxygen atoms in total. The summed E-state index contributed by atoms with van der Waals surface area (Å²) in [5.74, 6) is 1.32. The largest absolute Gasteiger partial charge is 0.454 e. The van der Waals surface area contributed by atoms with Gasteiger partial charge in [0.2, 0.25) is 6.79 Å². The molecule has 0 saturated carbocycles. The van der Waals surface area contributed by atoms with E-state index in [0.717, 1.165) is 11.4 Å². The number of rotatable bonds is 3. The lowest BCUT2D eigenvalue weighted by Gasteiger charge is -2.13. The van der Waals surface area contributed by atoms with E-state index in [1.165, 1.54) is 0 Å². The quantitative estimate of drug-likeness (QED) is 0.914. The van der Waals surface area contributed by atoms with Gasteiger partial charge in [-0.15, -0.1) is 0 Å². The van der Waals surface area contributed by atoms with Crippen molar-refractivity contribution in [2.24, 2.45) is 0 Å². The lowest BCUT2D eigenvalue weighted by Crippen LogP contribution is -2.19. The summed E-state index contributed by atoms with van der Waals surface area (Å²) in [6.07, 6.45) is 0. The summed E-state index contributed by atoms with van der Waals surface area (Å²) in [5.41, 5.74) is 2.44. The van der Waals surface area contributed by atoms with Gasteiger partial charge in [0.25, 0.3) is 0 Å². The summed E-state index contributed by atoms with van der Waals surface area (Å²) in [6, 6.07) is 12.6. The molecular formula is C16H17N3O3. The van der Waals surface area contributed by atoms with Gasteiger partial charge in [0.1, 0.15) is 0 Å². The van der Waals surface area contributed by atoms with Crippen LogP contribution in [0.3, 0.4) is 0 Å². The predicted octanol–water partition coefficient (Wildman–Crippen LogP) is 3.13. The third-order valence-electron chi connectivity index (χ3n) is 3.27. The normalized spacial score (nSPS) is 11.9. The molecule has 2 amide bonds. The summed E-state index contributed by atoms with van der Waals surface area (Å²) in [5, 5.41) is 5.55. The van der Waals surface area contributed by atoms with Crippen molar-refractivity contribution < 1.29 is 14.3 Å². The SMILES string of the molecule is CN(C)c1ccc(NC(=O)Nc2ccc3c(c2)OCO3)cc1. The van der Waals surface area contributed by atoms with Crippen LogP contribution in [0.5, 0.6) is 11.5 Å². The number of carbonyl (C=O) groups excluding carboxylic acids is 1. The number of anilines is 3. The molecule has 0 fully saturated rings. The van der Waals surface area contributed by atoms with E-state index in [2.05, 4.69) is 10.6 Å². The van der Waals surface area contributed by atoms with E-state index in [9.17, 15) is 4.79 Å². The van der Waals surface area contributed by atoms with E-state index in [-0.39, 0.29) is 12.8 Å². The third kappa shape index (κ3) is 3.06. The highest BCUT2D eigenvalue weighted by Gasteiger charge is 2.14.